The molecule has 38 heavy (non-hydrogen) atoms. The van der Waals surface area contributed by atoms with Gasteiger partial charge in [-0.05, 0) is 42.5 Å². The highest BCUT2D eigenvalue weighted by molar-refractivity contribution is 7.92. The molecule has 0 aliphatic rings. The minimum absolute atomic E-state index is 0.00171. The van der Waals surface area contributed by atoms with E-state index in [0.717, 1.165) is 16.6 Å². The van der Waals surface area contributed by atoms with Crippen LogP contribution in [0.3, 0.4) is 0 Å². The van der Waals surface area contributed by atoms with Gasteiger partial charge in [0.1, 0.15) is 12.6 Å². The summed E-state index contributed by atoms with van der Waals surface area (Å²) in [6.07, 6.45) is 1.17. The number of nitrogens with one attached hydrogen (secondary N) is 1. The predicted molar refractivity (Wildman–Crippen MR) is 149 cm³/mol. The lowest BCUT2D eigenvalue weighted by Gasteiger charge is -2.33. The molecule has 0 aliphatic heterocycles. The average Bonchev–Trinajstić information content (AvgIpc) is 2.82. The van der Waals surface area contributed by atoms with Crippen LogP contribution >= 0.6 is 23.2 Å². The number of carbonyl (C=O) groups is 2. The zero-order valence-electron chi connectivity index (χ0n) is 21.9. The van der Waals surface area contributed by atoms with E-state index in [2.05, 4.69) is 5.32 Å². The Hall–Kier alpha value is -2.89. The van der Waals surface area contributed by atoms with Gasteiger partial charge in [0, 0.05) is 25.2 Å². The summed E-state index contributed by atoms with van der Waals surface area (Å²) in [5.74, 6) is -0.876. The second-order valence-corrected chi connectivity index (χ2v) is 12.1. The second-order valence-electron chi connectivity index (χ2n) is 9.33. The Morgan fingerprint density at radius 1 is 1.11 bits per heavy atom. The summed E-state index contributed by atoms with van der Waals surface area (Å²) in [6, 6.07) is 7.66. The Balaban J connectivity index is 2.53. The number of nitro groups is 1. The molecular formula is C25H32Cl2N4O6S. The molecule has 0 fully saturated rings. The van der Waals surface area contributed by atoms with Gasteiger partial charge < -0.3 is 10.2 Å². The number of non-ortho nitro benzene ring substituents is 1. The third-order valence-electron chi connectivity index (χ3n) is 5.76. The SMILES string of the molecule is CCC(C(=O)NCC(C)C)N(Cc1ccc(Cl)c(Cl)c1)C(=O)CN(c1cc([N+](=O)[O-])ccc1C)S(C)(=O)=O. The molecule has 0 saturated carbocycles. The number of nitrogens with zero attached hydrogens (tertiary/aromatic N) is 3. The highest BCUT2D eigenvalue weighted by atomic mass is 35.5. The normalized spacial score (nSPS) is 12.2. The molecule has 10 nitrogen and oxygen atoms in total. The van der Waals surface area contributed by atoms with Crippen molar-refractivity contribution in [3.8, 4) is 0 Å². The number of halogens is 2. The summed E-state index contributed by atoms with van der Waals surface area (Å²) < 4.78 is 26.4. The number of carbonyl (C=O) groups excluding carboxylic acids is 2. The first-order valence-electron chi connectivity index (χ1n) is 11.9. The Morgan fingerprint density at radius 2 is 1.76 bits per heavy atom. The molecule has 1 unspecified atom stereocenters. The van der Waals surface area contributed by atoms with Crippen LogP contribution in [-0.4, -0.2) is 55.4 Å². The Morgan fingerprint density at radius 3 is 2.29 bits per heavy atom. The van der Waals surface area contributed by atoms with Crippen molar-refractivity contribution in [2.24, 2.45) is 5.92 Å². The van der Waals surface area contributed by atoms with E-state index < -0.39 is 33.4 Å². The van der Waals surface area contributed by atoms with Crippen LogP contribution in [-0.2, 0) is 26.2 Å². The minimum Gasteiger partial charge on any atom is -0.354 e. The summed E-state index contributed by atoms with van der Waals surface area (Å²) in [5, 5.41) is 14.7. The van der Waals surface area contributed by atoms with Crippen molar-refractivity contribution >= 4 is 56.4 Å². The Bertz CT molecular complexity index is 1300. The number of amides is 2. The van der Waals surface area contributed by atoms with E-state index >= 15 is 0 Å². The molecule has 2 aromatic rings. The van der Waals surface area contributed by atoms with E-state index in [4.69, 9.17) is 23.2 Å². The fraction of sp³-hybridized carbons (Fsp3) is 0.440. The van der Waals surface area contributed by atoms with Crippen LogP contribution in [0, 0.1) is 23.0 Å². The van der Waals surface area contributed by atoms with E-state index in [1.807, 2.05) is 13.8 Å². The van der Waals surface area contributed by atoms with Crippen LogP contribution in [0.5, 0.6) is 0 Å². The van der Waals surface area contributed by atoms with Crippen molar-refractivity contribution < 1.29 is 22.9 Å². The van der Waals surface area contributed by atoms with Gasteiger partial charge in [-0.15, -0.1) is 0 Å². The number of nitro benzene ring substituents is 1. The van der Waals surface area contributed by atoms with E-state index in [1.54, 1.807) is 32.0 Å². The smallest absolute Gasteiger partial charge is 0.271 e. The van der Waals surface area contributed by atoms with Crippen LogP contribution in [0.25, 0.3) is 0 Å². The lowest BCUT2D eigenvalue weighted by atomic mass is 10.1. The van der Waals surface area contributed by atoms with Gasteiger partial charge in [-0.1, -0.05) is 56.1 Å². The molecule has 2 rings (SSSR count). The maximum absolute atomic E-state index is 13.7. The van der Waals surface area contributed by atoms with Gasteiger partial charge in [-0.25, -0.2) is 8.42 Å². The molecule has 13 heteroatoms. The molecule has 0 saturated heterocycles. The first kappa shape index (κ1) is 31.3. The molecule has 0 aromatic heterocycles. The van der Waals surface area contributed by atoms with Crippen molar-refractivity contribution in [2.45, 2.75) is 46.7 Å². The van der Waals surface area contributed by atoms with Crippen LogP contribution in [0.4, 0.5) is 11.4 Å². The summed E-state index contributed by atoms with van der Waals surface area (Å²) >= 11 is 12.2. The molecule has 0 spiro atoms. The zero-order valence-corrected chi connectivity index (χ0v) is 24.2. The third-order valence-corrected chi connectivity index (χ3v) is 7.62. The first-order valence-corrected chi connectivity index (χ1v) is 14.5. The number of hydrogen-bond donors (Lipinski definition) is 1. The number of anilines is 1. The standard InChI is InChI=1S/C25H32Cl2N4O6S/c1-6-22(25(33)28-13-16(2)3)29(14-18-8-10-20(26)21(27)11-18)24(32)15-30(38(5,36)37)23-12-19(31(34)35)9-7-17(23)4/h7-12,16,22H,6,13-15H2,1-5H3,(H,28,33). The summed E-state index contributed by atoms with van der Waals surface area (Å²) in [6.45, 7) is 6.88. The van der Waals surface area contributed by atoms with Crippen molar-refractivity contribution in [3.63, 3.8) is 0 Å². The van der Waals surface area contributed by atoms with Gasteiger partial charge >= 0.3 is 0 Å². The summed E-state index contributed by atoms with van der Waals surface area (Å²) in [7, 11) is -4.05. The molecule has 0 aliphatic carbocycles. The van der Waals surface area contributed by atoms with E-state index in [0.29, 0.717) is 22.7 Å². The quantitative estimate of drug-likeness (QED) is 0.286. The number of rotatable bonds is 12. The molecule has 1 N–H and O–H groups in total. The number of hydrogen-bond acceptors (Lipinski definition) is 6. The van der Waals surface area contributed by atoms with Gasteiger partial charge in [0.25, 0.3) is 5.69 Å². The van der Waals surface area contributed by atoms with Gasteiger partial charge in [0.05, 0.1) is 26.9 Å². The van der Waals surface area contributed by atoms with Crippen LogP contribution in [0.15, 0.2) is 36.4 Å². The maximum Gasteiger partial charge on any atom is 0.271 e. The molecule has 2 aromatic carbocycles. The lowest BCUT2D eigenvalue weighted by Crippen LogP contribution is -2.52. The van der Waals surface area contributed by atoms with Crippen LogP contribution < -0.4 is 9.62 Å². The summed E-state index contributed by atoms with van der Waals surface area (Å²) in [5.41, 5.74) is 0.688. The molecule has 1 atom stereocenters. The Labute approximate surface area is 233 Å². The van der Waals surface area contributed by atoms with Gasteiger partial charge in [0.2, 0.25) is 21.8 Å². The minimum atomic E-state index is -4.05. The lowest BCUT2D eigenvalue weighted by molar-refractivity contribution is -0.384. The van der Waals surface area contributed by atoms with Crippen molar-refractivity contribution in [1.29, 1.82) is 0 Å². The van der Waals surface area contributed by atoms with Gasteiger partial charge in [-0.2, -0.15) is 0 Å². The average molecular weight is 588 g/mol. The molecule has 0 bridgehead atoms. The predicted octanol–water partition coefficient (Wildman–Crippen LogP) is 4.56. The van der Waals surface area contributed by atoms with Crippen LogP contribution in [0.2, 0.25) is 10.0 Å². The van der Waals surface area contributed by atoms with Gasteiger partial charge in [-0.3, -0.25) is 24.0 Å². The molecule has 2 amide bonds. The highest BCUT2D eigenvalue weighted by Crippen LogP contribution is 2.28. The van der Waals surface area contributed by atoms with E-state index in [1.165, 1.54) is 17.0 Å². The third kappa shape index (κ3) is 8.31. The molecule has 0 radical (unpaired) electrons. The maximum atomic E-state index is 13.7. The molecule has 0 heterocycles. The zero-order chi connectivity index (χ0) is 28.8. The fourth-order valence-corrected chi connectivity index (χ4v) is 4.97. The highest BCUT2D eigenvalue weighted by Gasteiger charge is 2.32. The van der Waals surface area contributed by atoms with Gasteiger partial charge in [0.15, 0.2) is 0 Å². The number of aryl methyl sites for hydroxylation is 1. The van der Waals surface area contributed by atoms with Crippen molar-refractivity contribution in [3.05, 3.63) is 67.7 Å². The topological polar surface area (TPSA) is 130 Å². The monoisotopic (exact) mass is 586 g/mol. The van der Waals surface area contributed by atoms with Crippen molar-refractivity contribution in [1.82, 2.24) is 10.2 Å². The van der Waals surface area contributed by atoms with Crippen LogP contribution in [0.1, 0.15) is 38.3 Å². The number of sulfonamides is 1. The number of benzene rings is 2. The fourth-order valence-electron chi connectivity index (χ4n) is 3.75. The largest absolute Gasteiger partial charge is 0.354 e. The first-order chi connectivity index (χ1) is 17.6. The van der Waals surface area contributed by atoms with Crippen molar-refractivity contribution in [2.75, 3.05) is 23.7 Å². The molecular weight excluding hydrogens is 555 g/mol. The van der Waals surface area contributed by atoms with E-state index in [9.17, 15) is 28.1 Å². The van der Waals surface area contributed by atoms with E-state index in [-0.39, 0.29) is 41.2 Å². The Kier molecular flexibility index (Phi) is 10.9. The summed E-state index contributed by atoms with van der Waals surface area (Å²) in [4.78, 5) is 38.8. The molecule has 208 valence electrons. The second kappa shape index (κ2) is 13.3.